The lowest BCUT2D eigenvalue weighted by atomic mass is 10.1. The van der Waals surface area contributed by atoms with Gasteiger partial charge in [-0.2, -0.15) is 0 Å². The van der Waals surface area contributed by atoms with Crippen LogP contribution in [-0.2, 0) is 4.79 Å². The molecule has 0 radical (unpaired) electrons. The summed E-state index contributed by atoms with van der Waals surface area (Å²) in [4.78, 5) is 13.4. The first-order chi connectivity index (χ1) is 6.57. The van der Waals surface area contributed by atoms with E-state index in [1.165, 1.54) is 12.8 Å². The van der Waals surface area contributed by atoms with Crippen molar-refractivity contribution in [2.24, 2.45) is 5.73 Å². The second kappa shape index (κ2) is 7.74. The fourth-order valence-corrected chi connectivity index (χ4v) is 1.41. The molecule has 0 bridgehead atoms. The van der Waals surface area contributed by atoms with E-state index in [-0.39, 0.29) is 5.91 Å². The van der Waals surface area contributed by atoms with Crippen molar-refractivity contribution in [3.8, 4) is 0 Å². The van der Waals surface area contributed by atoms with Crippen LogP contribution < -0.4 is 5.73 Å². The molecule has 0 aliphatic rings. The molecule has 0 aliphatic heterocycles. The van der Waals surface area contributed by atoms with Gasteiger partial charge in [0.1, 0.15) is 0 Å². The molecule has 2 N–H and O–H groups in total. The summed E-state index contributed by atoms with van der Waals surface area (Å²) < 4.78 is 0. The lowest BCUT2D eigenvalue weighted by Gasteiger charge is -2.15. The van der Waals surface area contributed by atoms with E-state index in [1.54, 1.807) is 11.9 Å². The average Bonchev–Trinajstić information content (AvgIpc) is 2.11. The molecule has 0 fully saturated rings. The fourth-order valence-electron chi connectivity index (χ4n) is 1.22. The van der Waals surface area contributed by atoms with Crippen LogP contribution in [0, 0.1) is 0 Å². The molecule has 14 heavy (non-hydrogen) atoms. The molecule has 0 heterocycles. The molecular formula is C10H20N2OS. The number of amides is 1. The van der Waals surface area contributed by atoms with Gasteiger partial charge in [0.2, 0.25) is 5.91 Å². The summed E-state index contributed by atoms with van der Waals surface area (Å²) in [6.07, 6.45) is 5.10. The van der Waals surface area contributed by atoms with Crippen molar-refractivity contribution < 1.29 is 4.79 Å². The van der Waals surface area contributed by atoms with E-state index in [4.69, 9.17) is 18.0 Å². The Morgan fingerprint density at radius 2 is 2.00 bits per heavy atom. The molecule has 4 heteroatoms. The van der Waals surface area contributed by atoms with Crippen molar-refractivity contribution in [3.05, 3.63) is 0 Å². The number of thiocarbonyl (C=S) groups is 1. The lowest BCUT2D eigenvalue weighted by molar-refractivity contribution is -0.129. The van der Waals surface area contributed by atoms with Gasteiger partial charge in [0.25, 0.3) is 0 Å². The molecule has 0 aliphatic carbocycles. The quantitative estimate of drug-likeness (QED) is 0.520. The summed E-state index contributed by atoms with van der Waals surface area (Å²) in [5.41, 5.74) is 5.35. The van der Waals surface area contributed by atoms with Gasteiger partial charge in [-0.3, -0.25) is 4.79 Å². The van der Waals surface area contributed by atoms with E-state index in [0.29, 0.717) is 18.0 Å². The maximum Gasteiger partial charge on any atom is 0.222 e. The largest absolute Gasteiger partial charge is 0.392 e. The van der Waals surface area contributed by atoms with E-state index < -0.39 is 0 Å². The van der Waals surface area contributed by atoms with Crippen molar-refractivity contribution in [1.29, 1.82) is 0 Å². The summed E-state index contributed by atoms with van der Waals surface area (Å²) >= 11 is 4.73. The molecule has 0 unspecified atom stereocenters. The van der Waals surface area contributed by atoms with Gasteiger partial charge in [0, 0.05) is 13.5 Å². The van der Waals surface area contributed by atoms with Gasteiger partial charge in [-0.25, -0.2) is 0 Å². The Balaban J connectivity index is 3.57. The van der Waals surface area contributed by atoms with Crippen LogP contribution in [-0.4, -0.2) is 29.4 Å². The molecule has 0 rings (SSSR count). The number of unbranched alkanes of at least 4 members (excludes halogenated alkanes) is 3. The zero-order valence-electron chi connectivity index (χ0n) is 9.08. The van der Waals surface area contributed by atoms with Crippen molar-refractivity contribution in [1.82, 2.24) is 4.90 Å². The van der Waals surface area contributed by atoms with Crippen LogP contribution in [0.2, 0.25) is 0 Å². The molecular weight excluding hydrogens is 196 g/mol. The number of nitrogens with zero attached hydrogens (tertiary/aromatic N) is 1. The smallest absolute Gasteiger partial charge is 0.222 e. The highest BCUT2D eigenvalue weighted by molar-refractivity contribution is 7.80. The Kier molecular flexibility index (Phi) is 7.38. The lowest BCUT2D eigenvalue weighted by Crippen LogP contribution is -2.34. The third kappa shape index (κ3) is 6.83. The van der Waals surface area contributed by atoms with E-state index in [2.05, 4.69) is 6.92 Å². The summed E-state index contributed by atoms with van der Waals surface area (Å²) in [5.74, 6) is 0.133. The molecule has 82 valence electrons. The fraction of sp³-hybridized carbons (Fsp3) is 0.800. The van der Waals surface area contributed by atoms with Crippen LogP contribution in [0.15, 0.2) is 0 Å². The minimum absolute atomic E-state index is 0.133. The van der Waals surface area contributed by atoms with E-state index in [9.17, 15) is 4.79 Å². The highest BCUT2D eigenvalue weighted by Crippen LogP contribution is 2.04. The number of rotatable bonds is 7. The van der Waals surface area contributed by atoms with Gasteiger partial charge < -0.3 is 10.6 Å². The molecule has 0 atom stereocenters. The minimum atomic E-state index is 0.133. The predicted molar refractivity (Wildman–Crippen MR) is 63.2 cm³/mol. The minimum Gasteiger partial charge on any atom is -0.392 e. The second-order valence-electron chi connectivity index (χ2n) is 3.53. The number of carbonyl (C=O) groups is 1. The topological polar surface area (TPSA) is 46.3 Å². The van der Waals surface area contributed by atoms with Crippen LogP contribution in [0.4, 0.5) is 0 Å². The SMILES string of the molecule is CCCCCCC(=O)N(C)CC(N)=S. The standard InChI is InChI=1S/C10H20N2OS/c1-3-4-5-6-7-10(13)12(2)8-9(11)14/h3-8H2,1-2H3,(H2,11,14). The summed E-state index contributed by atoms with van der Waals surface area (Å²) in [5, 5.41) is 0. The van der Waals surface area contributed by atoms with Gasteiger partial charge >= 0.3 is 0 Å². The van der Waals surface area contributed by atoms with E-state index in [0.717, 1.165) is 12.8 Å². The Hall–Kier alpha value is -0.640. The first kappa shape index (κ1) is 13.4. The molecule has 0 aromatic carbocycles. The second-order valence-corrected chi connectivity index (χ2v) is 4.05. The van der Waals surface area contributed by atoms with Gasteiger partial charge in [-0.05, 0) is 6.42 Å². The number of hydrogen-bond donors (Lipinski definition) is 1. The zero-order valence-corrected chi connectivity index (χ0v) is 9.90. The molecule has 0 aromatic rings. The van der Waals surface area contributed by atoms with Crippen molar-refractivity contribution in [2.45, 2.75) is 39.0 Å². The highest BCUT2D eigenvalue weighted by Gasteiger charge is 2.08. The van der Waals surface area contributed by atoms with Crippen molar-refractivity contribution >= 4 is 23.1 Å². The molecule has 3 nitrogen and oxygen atoms in total. The maximum atomic E-state index is 11.5. The van der Waals surface area contributed by atoms with E-state index >= 15 is 0 Å². The van der Waals surface area contributed by atoms with Crippen LogP contribution in [0.3, 0.4) is 0 Å². The van der Waals surface area contributed by atoms with Crippen LogP contribution in [0.5, 0.6) is 0 Å². The Labute approximate surface area is 91.6 Å². The van der Waals surface area contributed by atoms with Gasteiger partial charge in [0.15, 0.2) is 0 Å². The maximum absolute atomic E-state index is 11.5. The first-order valence-corrected chi connectivity index (χ1v) is 5.51. The highest BCUT2D eigenvalue weighted by atomic mass is 32.1. The number of likely N-dealkylation sites (N-methyl/N-ethyl adjacent to an activating group) is 1. The van der Waals surface area contributed by atoms with Gasteiger partial charge in [-0.15, -0.1) is 0 Å². The van der Waals surface area contributed by atoms with Gasteiger partial charge in [0.05, 0.1) is 11.5 Å². The number of carbonyl (C=O) groups excluding carboxylic acids is 1. The summed E-state index contributed by atoms with van der Waals surface area (Å²) in [7, 11) is 1.74. The third-order valence-electron chi connectivity index (χ3n) is 2.06. The predicted octanol–water partition coefficient (Wildman–Crippen LogP) is 1.70. The van der Waals surface area contributed by atoms with Crippen molar-refractivity contribution in [2.75, 3.05) is 13.6 Å². The molecule has 0 aromatic heterocycles. The van der Waals surface area contributed by atoms with Crippen LogP contribution in [0.25, 0.3) is 0 Å². The van der Waals surface area contributed by atoms with E-state index in [1.807, 2.05) is 0 Å². The zero-order chi connectivity index (χ0) is 11.0. The first-order valence-electron chi connectivity index (χ1n) is 5.10. The third-order valence-corrected chi connectivity index (χ3v) is 2.19. The normalized spacial score (nSPS) is 9.86. The van der Waals surface area contributed by atoms with Gasteiger partial charge in [-0.1, -0.05) is 38.4 Å². The van der Waals surface area contributed by atoms with Crippen LogP contribution in [0.1, 0.15) is 39.0 Å². The van der Waals surface area contributed by atoms with Crippen LogP contribution >= 0.6 is 12.2 Å². The van der Waals surface area contributed by atoms with Crippen molar-refractivity contribution in [3.63, 3.8) is 0 Å². The summed E-state index contributed by atoms with van der Waals surface area (Å²) in [6.45, 7) is 2.54. The summed E-state index contributed by atoms with van der Waals surface area (Å²) in [6, 6.07) is 0. The molecule has 0 spiro atoms. The Morgan fingerprint density at radius 3 is 2.50 bits per heavy atom. The molecule has 1 amide bonds. The number of nitrogens with two attached hydrogens (primary N) is 1. The Bertz CT molecular complexity index is 195. The number of hydrogen-bond acceptors (Lipinski definition) is 2. The average molecular weight is 216 g/mol. The molecule has 0 saturated heterocycles. The Morgan fingerprint density at radius 1 is 1.36 bits per heavy atom. The molecule has 0 saturated carbocycles. The monoisotopic (exact) mass is 216 g/mol.